The Hall–Kier alpha value is -4.41. The summed E-state index contributed by atoms with van der Waals surface area (Å²) in [5, 5.41) is 14.7. The van der Waals surface area contributed by atoms with Gasteiger partial charge in [0.15, 0.2) is 0 Å². The number of pyridine rings is 2. The van der Waals surface area contributed by atoms with E-state index in [-0.39, 0.29) is 23.2 Å². The zero-order valence-electron chi connectivity index (χ0n) is 19.8. The summed E-state index contributed by atoms with van der Waals surface area (Å²) in [6, 6.07) is 12.1. The molecule has 0 bridgehead atoms. The van der Waals surface area contributed by atoms with Crippen molar-refractivity contribution >= 4 is 23.2 Å². The number of amides is 2. The first kappa shape index (κ1) is 23.3. The molecule has 0 atom stereocenters. The Morgan fingerprint density at radius 1 is 1.03 bits per heavy atom. The van der Waals surface area contributed by atoms with Crippen LogP contribution in [0.15, 0.2) is 58.3 Å². The molecule has 2 amide bonds. The third kappa shape index (κ3) is 4.35. The van der Waals surface area contributed by atoms with Crippen LogP contribution >= 0.6 is 0 Å². The first-order chi connectivity index (χ1) is 17.3. The lowest BCUT2D eigenvalue weighted by molar-refractivity contribution is -0.385. The molecule has 4 heterocycles. The Kier molecular flexibility index (Phi) is 6.05. The fourth-order valence-corrected chi connectivity index (χ4v) is 5.02. The van der Waals surface area contributed by atoms with Crippen molar-refractivity contribution in [2.45, 2.75) is 25.3 Å². The normalized spacial score (nSPS) is 16.3. The molecule has 0 radical (unpaired) electrons. The molecule has 0 spiro atoms. The van der Waals surface area contributed by atoms with Crippen molar-refractivity contribution in [2.24, 2.45) is 7.05 Å². The topological polar surface area (TPSA) is 134 Å². The summed E-state index contributed by atoms with van der Waals surface area (Å²) < 4.78 is 1.32. The molecule has 2 N–H and O–H groups in total. The van der Waals surface area contributed by atoms with Crippen molar-refractivity contribution < 1.29 is 9.72 Å². The van der Waals surface area contributed by atoms with Crippen LogP contribution in [0.5, 0.6) is 0 Å². The zero-order valence-corrected chi connectivity index (χ0v) is 19.8. The van der Waals surface area contributed by atoms with Crippen molar-refractivity contribution in [3.63, 3.8) is 0 Å². The number of piperidine rings is 1. The first-order valence-electron chi connectivity index (χ1n) is 11.8. The summed E-state index contributed by atoms with van der Waals surface area (Å²) in [4.78, 5) is 54.9. The van der Waals surface area contributed by atoms with Crippen LogP contribution in [0.3, 0.4) is 0 Å². The third-order valence-corrected chi connectivity index (χ3v) is 6.96. The van der Waals surface area contributed by atoms with E-state index in [0.717, 1.165) is 17.7 Å². The maximum Gasteiger partial charge on any atom is 0.341 e. The summed E-state index contributed by atoms with van der Waals surface area (Å²) in [6.45, 7) is 1.77. The van der Waals surface area contributed by atoms with Gasteiger partial charge in [0, 0.05) is 56.2 Å². The lowest BCUT2D eigenvalue weighted by Crippen LogP contribution is -2.49. The van der Waals surface area contributed by atoms with Gasteiger partial charge in [-0.25, -0.2) is 4.79 Å². The number of fused-ring (bicyclic) bond motifs is 1. The van der Waals surface area contributed by atoms with Gasteiger partial charge in [0.25, 0.3) is 0 Å². The molecule has 5 rings (SSSR count). The number of carbonyl (C=O) groups is 1. The minimum atomic E-state index is -0.798. The Morgan fingerprint density at radius 2 is 1.78 bits per heavy atom. The molecule has 3 aromatic rings. The average molecular weight is 491 g/mol. The molecule has 1 aromatic carbocycles. The van der Waals surface area contributed by atoms with Gasteiger partial charge >= 0.3 is 17.3 Å². The maximum atomic E-state index is 12.9. The SMILES string of the molecule is Cn1cc(-c2cc(N3CCC(N4CCc5ccccc5NC4=O)CC3)[nH]c(=O)c2[N+](=O)[O-])ccc1=O. The predicted octanol–water partition coefficient (Wildman–Crippen LogP) is 2.71. The highest BCUT2D eigenvalue weighted by Gasteiger charge is 2.31. The first-order valence-corrected chi connectivity index (χ1v) is 11.8. The fourth-order valence-electron chi connectivity index (χ4n) is 5.02. The van der Waals surface area contributed by atoms with Crippen LogP contribution in [0.4, 0.5) is 22.0 Å². The van der Waals surface area contributed by atoms with Crippen LogP contribution in [0.2, 0.25) is 0 Å². The second-order valence-electron chi connectivity index (χ2n) is 9.12. The number of nitrogens with one attached hydrogen (secondary N) is 2. The minimum Gasteiger partial charge on any atom is -0.358 e. The largest absolute Gasteiger partial charge is 0.358 e. The van der Waals surface area contributed by atoms with E-state index in [0.29, 0.717) is 43.9 Å². The molecule has 1 fully saturated rings. The molecule has 2 aromatic heterocycles. The molecular formula is C25H26N6O5. The van der Waals surface area contributed by atoms with Crippen LogP contribution in [0, 0.1) is 10.1 Å². The van der Waals surface area contributed by atoms with E-state index in [4.69, 9.17) is 0 Å². The van der Waals surface area contributed by atoms with Crippen LogP contribution in [-0.2, 0) is 13.5 Å². The van der Waals surface area contributed by atoms with Crippen molar-refractivity contribution in [1.82, 2.24) is 14.5 Å². The number of aryl methyl sites for hydroxylation is 1. The number of rotatable bonds is 4. The highest BCUT2D eigenvalue weighted by molar-refractivity contribution is 5.91. The van der Waals surface area contributed by atoms with Gasteiger partial charge in [-0.05, 0) is 43.0 Å². The molecule has 0 aliphatic carbocycles. The molecule has 0 saturated carbocycles. The number of urea groups is 1. The molecular weight excluding hydrogens is 464 g/mol. The molecule has 186 valence electrons. The summed E-state index contributed by atoms with van der Waals surface area (Å²) in [5.41, 5.74) is 0.903. The van der Waals surface area contributed by atoms with Crippen LogP contribution in [0.1, 0.15) is 18.4 Å². The van der Waals surface area contributed by atoms with Gasteiger partial charge in [-0.1, -0.05) is 18.2 Å². The van der Waals surface area contributed by atoms with E-state index in [1.54, 1.807) is 13.1 Å². The Morgan fingerprint density at radius 3 is 2.50 bits per heavy atom. The lowest BCUT2D eigenvalue weighted by Gasteiger charge is -2.38. The monoisotopic (exact) mass is 490 g/mol. The van der Waals surface area contributed by atoms with Crippen LogP contribution < -0.4 is 21.3 Å². The maximum absolute atomic E-state index is 12.9. The lowest BCUT2D eigenvalue weighted by atomic mass is 10.0. The quantitative estimate of drug-likeness (QED) is 0.427. The number of carbonyl (C=O) groups excluding carboxylic acids is 1. The number of nitro groups is 1. The molecule has 1 saturated heterocycles. The second kappa shape index (κ2) is 9.33. The number of nitrogens with zero attached hydrogens (tertiary/aromatic N) is 4. The van der Waals surface area contributed by atoms with Gasteiger partial charge in [0.2, 0.25) is 5.56 Å². The number of aromatic amines is 1. The number of hydrogen-bond donors (Lipinski definition) is 2. The number of para-hydroxylation sites is 1. The molecule has 2 aliphatic rings. The van der Waals surface area contributed by atoms with Gasteiger partial charge in [0.05, 0.1) is 10.5 Å². The third-order valence-electron chi connectivity index (χ3n) is 6.96. The molecule has 2 aliphatic heterocycles. The summed E-state index contributed by atoms with van der Waals surface area (Å²) >= 11 is 0. The van der Waals surface area contributed by atoms with Gasteiger partial charge in [-0.2, -0.15) is 0 Å². The summed E-state index contributed by atoms with van der Waals surface area (Å²) in [6.07, 6.45) is 3.64. The Balaban J connectivity index is 1.37. The van der Waals surface area contributed by atoms with Gasteiger partial charge in [0.1, 0.15) is 5.82 Å². The van der Waals surface area contributed by atoms with Crippen molar-refractivity contribution in [2.75, 3.05) is 29.9 Å². The predicted molar refractivity (Wildman–Crippen MR) is 135 cm³/mol. The Labute approximate surface area is 206 Å². The van der Waals surface area contributed by atoms with E-state index in [9.17, 15) is 24.5 Å². The van der Waals surface area contributed by atoms with Crippen molar-refractivity contribution in [1.29, 1.82) is 0 Å². The summed E-state index contributed by atoms with van der Waals surface area (Å²) in [7, 11) is 1.55. The molecule has 0 unspecified atom stereocenters. The minimum absolute atomic E-state index is 0.0449. The van der Waals surface area contributed by atoms with E-state index in [2.05, 4.69) is 10.3 Å². The van der Waals surface area contributed by atoms with Crippen LogP contribution in [-0.4, -0.2) is 51.1 Å². The van der Waals surface area contributed by atoms with E-state index < -0.39 is 16.2 Å². The van der Waals surface area contributed by atoms with Crippen molar-refractivity contribution in [3.8, 4) is 11.1 Å². The van der Waals surface area contributed by atoms with Crippen molar-refractivity contribution in [3.05, 3.63) is 85.0 Å². The van der Waals surface area contributed by atoms with Gasteiger partial charge in [-0.3, -0.25) is 19.7 Å². The van der Waals surface area contributed by atoms with Gasteiger partial charge in [-0.15, -0.1) is 0 Å². The zero-order chi connectivity index (χ0) is 25.4. The van der Waals surface area contributed by atoms with Gasteiger partial charge < -0.3 is 24.7 Å². The number of hydrogen-bond acceptors (Lipinski definition) is 6. The van der Waals surface area contributed by atoms with E-state index >= 15 is 0 Å². The average Bonchev–Trinajstić information content (AvgIpc) is 3.03. The van der Waals surface area contributed by atoms with E-state index in [1.165, 1.54) is 22.9 Å². The molecule has 11 heteroatoms. The van der Waals surface area contributed by atoms with E-state index in [1.807, 2.05) is 34.1 Å². The molecule has 36 heavy (non-hydrogen) atoms. The fraction of sp³-hybridized carbons (Fsp3) is 0.320. The number of anilines is 2. The number of H-pyrrole nitrogens is 1. The number of aromatic nitrogens is 2. The summed E-state index contributed by atoms with van der Waals surface area (Å²) in [5.74, 6) is 0.473. The molecule has 11 nitrogen and oxygen atoms in total. The standard InChI is InChI=1S/C25H26N6O5/c1-28-15-17(6-7-22(28)32)19-14-21(27-24(33)23(19)31(35)36)29-11-9-18(10-12-29)30-13-8-16-4-2-3-5-20(16)26-25(30)34/h2-7,14-15,18H,8-13H2,1H3,(H,26,34)(H,27,33). The smallest absolute Gasteiger partial charge is 0.341 e. The number of benzene rings is 1. The van der Waals surface area contributed by atoms with Crippen LogP contribution in [0.25, 0.3) is 11.1 Å². The highest BCUT2D eigenvalue weighted by atomic mass is 16.6. The highest BCUT2D eigenvalue weighted by Crippen LogP contribution is 2.31. The second-order valence-corrected chi connectivity index (χ2v) is 9.12. The Bertz CT molecular complexity index is 1450.